The molecule has 0 aliphatic carbocycles. The molecule has 1 aliphatic heterocycles. The maximum absolute atomic E-state index is 14.3. The first-order chi connectivity index (χ1) is 13.5. The number of amides is 1. The fourth-order valence-electron chi connectivity index (χ4n) is 3.40. The van der Waals surface area contributed by atoms with Gasteiger partial charge in [0, 0.05) is 37.2 Å². The summed E-state index contributed by atoms with van der Waals surface area (Å²) in [5.41, 5.74) is 1.71. The largest absolute Gasteiger partial charge is 0.367 e. The van der Waals surface area contributed by atoms with E-state index in [1.165, 1.54) is 0 Å². The van der Waals surface area contributed by atoms with E-state index >= 15 is 0 Å². The molecule has 0 radical (unpaired) electrons. The fraction of sp³-hybridized carbons (Fsp3) is 0.364. The van der Waals surface area contributed by atoms with Crippen LogP contribution in [0.2, 0.25) is 0 Å². The van der Waals surface area contributed by atoms with Crippen molar-refractivity contribution in [3.8, 4) is 0 Å². The molecular weight excluding hydrogens is 362 g/mol. The van der Waals surface area contributed by atoms with Crippen LogP contribution in [0.3, 0.4) is 0 Å². The van der Waals surface area contributed by atoms with Crippen molar-refractivity contribution in [3.63, 3.8) is 0 Å². The van der Waals surface area contributed by atoms with E-state index in [1.807, 2.05) is 19.1 Å². The number of hydrogen-bond donors (Lipinski definition) is 1. The van der Waals surface area contributed by atoms with Crippen molar-refractivity contribution in [1.82, 2.24) is 0 Å². The Morgan fingerprint density at radius 3 is 2.18 bits per heavy atom. The summed E-state index contributed by atoms with van der Waals surface area (Å²) in [4.78, 5) is 26.0. The second-order valence-corrected chi connectivity index (χ2v) is 7.00. The molecule has 6 heteroatoms. The van der Waals surface area contributed by atoms with E-state index in [1.54, 1.807) is 17.0 Å². The van der Waals surface area contributed by atoms with Gasteiger partial charge in [0.05, 0.1) is 0 Å². The number of rotatable bonds is 7. The van der Waals surface area contributed by atoms with Crippen molar-refractivity contribution in [2.75, 3.05) is 23.3 Å². The summed E-state index contributed by atoms with van der Waals surface area (Å²) in [6.45, 7) is 3.28. The molecule has 1 N–H and O–H groups in total. The Hall–Kier alpha value is -2.76. The molecule has 1 fully saturated rings. The number of carbonyl (C=O) groups excluding carboxylic acids is 2. The van der Waals surface area contributed by atoms with Crippen LogP contribution in [0, 0.1) is 11.6 Å². The zero-order valence-electron chi connectivity index (χ0n) is 15.9. The van der Waals surface area contributed by atoms with Gasteiger partial charge < -0.3 is 10.2 Å². The van der Waals surface area contributed by atoms with Crippen molar-refractivity contribution < 1.29 is 18.4 Å². The third-order valence-electron chi connectivity index (χ3n) is 4.99. The number of hydrogen-bond acceptors (Lipinski definition) is 3. The average molecular weight is 386 g/mol. The highest BCUT2D eigenvalue weighted by Gasteiger charge is 2.21. The molecule has 1 aliphatic rings. The van der Waals surface area contributed by atoms with Crippen LogP contribution >= 0.6 is 0 Å². The van der Waals surface area contributed by atoms with Gasteiger partial charge in [0.1, 0.15) is 5.69 Å². The molecule has 0 unspecified atom stereocenters. The molecule has 0 spiro atoms. The summed E-state index contributed by atoms with van der Waals surface area (Å²) in [6, 6.07) is 9.53. The van der Waals surface area contributed by atoms with E-state index in [2.05, 4.69) is 5.32 Å². The van der Waals surface area contributed by atoms with E-state index in [-0.39, 0.29) is 30.0 Å². The molecule has 0 bridgehead atoms. The predicted molar refractivity (Wildman–Crippen MR) is 106 cm³/mol. The number of ketones is 1. The number of carbonyl (C=O) groups is 2. The highest BCUT2D eigenvalue weighted by Crippen LogP contribution is 2.29. The lowest BCUT2D eigenvalue weighted by molar-refractivity contribution is -0.116. The molecule has 148 valence electrons. The lowest BCUT2D eigenvalue weighted by atomic mass is 10.0. The first kappa shape index (κ1) is 20.0. The van der Waals surface area contributed by atoms with Gasteiger partial charge in [-0.1, -0.05) is 31.2 Å². The number of aryl methyl sites for hydroxylation is 1. The van der Waals surface area contributed by atoms with Gasteiger partial charge in [0.2, 0.25) is 5.91 Å². The molecule has 1 amide bonds. The average Bonchev–Trinajstić information content (AvgIpc) is 3.20. The molecule has 0 saturated carbocycles. The van der Waals surface area contributed by atoms with Crippen molar-refractivity contribution >= 4 is 23.1 Å². The summed E-state index contributed by atoms with van der Waals surface area (Å²) in [5, 5.41) is 2.48. The van der Waals surface area contributed by atoms with Crippen LogP contribution in [0.1, 0.15) is 48.5 Å². The normalized spacial score (nSPS) is 13.6. The van der Waals surface area contributed by atoms with Crippen LogP contribution in [0.25, 0.3) is 0 Å². The van der Waals surface area contributed by atoms with E-state index in [4.69, 9.17) is 0 Å². The smallest absolute Gasteiger partial charge is 0.224 e. The molecular formula is C22H24F2N2O2. The number of anilines is 2. The van der Waals surface area contributed by atoms with E-state index in [9.17, 15) is 18.4 Å². The summed E-state index contributed by atoms with van der Waals surface area (Å²) in [5.74, 6) is -1.97. The summed E-state index contributed by atoms with van der Waals surface area (Å²) >= 11 is 0. The zero-order chi connectivity index (χ0) is 20.1. The lowest BCUT2D eigenvalue weighted by Crippen LogP contribution is -2.21. The maximum atomic E-state index is 14.3. The van der Waals surface area contributed by atoms with Crippen LogP contribution in [-0.2, 0) is 11.2 Å². The Morgan fingerprint density at radius 2 is 1.61 bits per heavy atom. The summed E-state index contributed by atoms with van der Waals surface area (Å²) in [6.07, 6.45) is 2.69. The maximum Gasteiger partial charge on any atom is 0.224 e. The van der Waals surface area contributed by atoms with Gasteiger partial charge >= 0.3 is 0 Å². The highest BCUT2D eigenvalue weighted by atomic mass is 19.1. The molecule has 1 heterocycles. The minimum Gasteiger partial charge on any atom is -0.367 e. The number of Topliss-reactive ketones (excluding diaryl/α,β-unsaturated/α-hetero) is 1. The third-order valence-corrected chi connectivity index (χ3v) is 4.99. The van der Waals surface area contributed by atoms with Crippen LogP contribution in [0.5, 0.6) is 0 Å². The molecule has 1 saturated heterocycles. The molecule has 0 atom stereocenters. The van der Waals surface area contributed by atoms with Gasteiger partial charge in [-0.25, -0.2) is 8.78 Å². The molecule has 4 nitrogen and oxygen atoms in total. The van der Waals surface area contributed by atoms with Crippen molar-refractivity contribution in [2.45, 2.75) is 39.0 Å². The van der Waals surface area contributed by atoms with Crippen LogP contribution in [0.4, 0.5) is 20.2 Å². The Balaban J connectivity index is 1.57. The second-order valence-electron chi connectivity index (χ2n) is 7.00. The monoisotopic (exact) mass is 386 g/mol. The Morgan fingerprint density at radius 1 is 1.00 bits per heavy atom. The topological polar surface area (TPSA) is 49.4 Å². The standard InChI is InChI=1S/C22H24F2N2O2/c1-2-15-5-7-16(8-6-15)20(27)9-10-21(28)25-17-13-18(23)22(19(24)14-17)26-11-3-4-12-26/h5-8,13-14H,2-4,9-12H2,1H3,(H,25,28). The van der Waals surface area contributed by atoms with Crippen LogP contribution < -0.4 is 10.2 Å². The van der Waals surface area contributed by atoms with Gasteiger partial charge in [-0.15, -0.1) is 0 Å². The van der Waals surface area contributed by atoms with Crippen LogP contribution in [0.15, 0.2) is 36.4 Å². The highest BCUT2D eigenvalue weighted by molar-refractivity contribution is 6.00. The molecule has 3 rings (SSSR count). The SMILES string of the molecule is CCc1ccc(C(=O)CCC(=O)Nc2cc(F)c(N3CCCC3)c(F)c2)cc1. The van der Waals surface area contributed by atoms with Gasteiger partial charge in [0.25, 0.3) is 0 Å². The van der Waals surface area contributed by atoms with E-state index in [0.29, 0.717) is 18.7 Å². The van der Waals surface area contributed by atoms with E-state index < -0.39 is 17.5 Å². The predicted octanol–water partition coefficient (Wildman–Crippen LogP) is 4.73. The number of nitrogens with one attached hydrogen (secondary N) is 1. The third kappa shape index (κ3) is 4.74. The summed E-state index contributed by atoms with van der Waals surface area (Å²) < 4.78 is 28.6. The molecule has 0 aromatic heterocycles. The Bertz CT molecular complexity index is 836. The Labute approximate surface area is 163 Å². The van der Waals surface area contributed by atoms with Gasteiger partial charge in [-0.05, 0) is 37.0 Å². The first-order valence-electron chi connectivity index (χ1n) is 9.64. The van der Waals surface area contributed by atoms with Gasteiger partial charge in [-0.3, -0.25) is 9.59 Å². The number of nitrogens with zero attached hydrogens (tertiary/aromatic N) is 1. The quantitative estimate of drug-likeness (QED) is 0.700. The molecule has 2 aromatic carbocycles. The van der Waals surface area contributed by atoms with Crippen molar-refractivity contribution in [2.24, 2.45) is 0 Å². The Kier molecular flexibility index (Phi) is 6.39. The number of halogens is 2. The minimum absolute atomic E-state index is 0.0358. The van der Waals surface area contributed by atoms with Gasteiger partial charge in [0.15, 0.2) is 17.4 Å². The molecule has 28 heavy (non-hydrogen) atoms. The zero-order valence-corrected chi connectivity index (χ0v) is 15.9. The molecule has 2 aromatic rings. The summed E-state index contributed by atoms with van der Waals surface area (Å²) in [7, 11) is 0. The van der Waals surface area contributed by atoms with Crippen molar-refractivity contribution in [3.05, 3.63) is 59.2 Å². The van der Waals surface area contributed by atoms with E-state index in [0.717, 1.165) is 37.0 Å². The fourth-order valence-corrected chi connectivity index (χ4v) is 3.40. The lowest BCUT2D eigenvalue weighted by Gasteiger charge is -2.19. The van der Waals surface area contributed by atoms with Gasteiger partial charge in [-0.2, -0.15) is 0 Å². The second kappa shape index (κ2) is 8.95. The first-order valence-corrected chi connectivity index (χ1v) is 9.64. The minimum atomic E-state index is -0.690. The number of benzene rings is 2. The van der Waals surface area contributed by atoms with Crippen molar-refractivity contribution in [1.29, 1.82) is 0 Å². The van der Waals surface area contributed by atoms with Crippen LogP contribution in [-0.4, -0.2) is 24.8 Å².